The van der Waals surface area contributed by atoms with E-state index in [1.54, 1.807) is 6.92 Å². The minimum atomic E-state index is -0.766. The lowest BCUT2D eigenvalue weighted by Crippen LogP contribution is -2.41. The molecule has 0 fully saturated rings. The molecule has 0 aliphatic carbocycles. The topological polar surface area (TPSA) is 87.8 Å². The second-order valence-electron chi connectivity index (χ2n) is 5.55. The van der Waals surface area contributed by atoms with Crippen molar-refractivity contribution >= 4 is 12.8 Å². The van der Waals surface area contributed by atoms with Crippen LogP contribution >= 0.6 is 0 Å². The Morgan fingerprint density at radius 3 is 2.30 bits per heavy atom. The molecule has 0 heterocycles. The summed E-state index contributed by atoms with van der Waals surface area (Å²) in [5.41, 5.74) is 4.84. The van der Waals surface area contributed by atoms with Crippen molar-refractivity contribution < 1.29 is 23.8 Å². The number of hydrogen-bond acceptors (Lipinski definition) is 6. The Balaban J connectivity index is 3.83. The number of ether oxygens (including phenoxy) is 3. The van der Waals surface area contributed by atoms with E-state index in [1.165, 1.54) is 0 Å². The molecular formula is C14H27NO5. The Kier molecular flexibility index (Phi) is 9.37. The van der Waals surface area contributed by atoms with Gasteiger partial charge in [-0.2, -0.15) is 0 Å². The average Bonchev–Trinajstić information content (AvgIpc) is 2.34. The summed E-state index contributed by atoms with van der Waals surface area (Å²) >= 11 is 0. The highest BCUT2D eigenvalue weighted by atomic mass is 16.5. The molecule has 0 aromatic carbocycles. The maximum atomic E-state index is 10.2. The van der Waals surface area contributed by atoms with Crippen LogP contribution in [0.5, 0.6) is 0 Å². The van der Waals surface area contributed by atoms with Crippen molar-refractivity contribution in [3.63, 3.8) is 0 Å². The van der Waals surface area contributed by atoms with Crippen LogP contribution in [0.15, 0.2) is 0 Å². The van der Waals surface area contributed by atoms with Gasteiger partial charge in [0.25, 0.3) is 6.47 Å². The van der Waals surface area contributed by atoms with E-state index in [4.69, 9.17) is 15.2 Å². The van der Waals surface area contributed by atoms with Gasteiger partial charge < -0.3 is 24.7 Å². The average molecular weight is 289 g/mol. The molecule has 0 rings (SSSR count). The smallest absolute Gasteiger partial charge is 0.293 e. The molecule has 0 bridgehead atoms. The fraction of sp³-hybridized carbons (Fsp3) is 0.857. The van der Waals surface area contributed by atoms with Gasteiger partial charge in [0.15, 0.2) is 0 Å². The van der Waals surface area contributed by atoms with Crippen LogP contribution in [0.4, 0.5) is 0 Å². The van der Waals surface area contributed by atoms with Gasteiger partial charge in [-0.05, 0) is 27.2 Å². The normalized spacial score (nSPS) is 14.6. The van der Waals surface area contributed by atoms with E-state index >= 15 is 0 Å². The molecule has 0 saturated heterocycles. The molecule has 6 heteroatoms. The number of carbonyl (C=O) groups is 2. The number of carbonyl (C=O) groups excluding carboxylic acids is 2. The molecule has 118 valence electrons. The first-order chi connectivity index (χ1) is 9.33. The molecule has 0 aliphatic heterocycles. The van der Waals surface area contributed by atoms with Gasteiger partial charge in [-0.3, -0.25) is 4.79 Å². The van der Waals surface area contributed by atoms with Crippen LogP contribution in [0.2, 0.25) is 0 Å². The standard InChI is InChI=1S/C14H27NO5/c1-13(2,6-10-18-12-17)19-11-7-14(3,15)20-9-5-4-8-16/h8,12H,4-7,9-11,15H2,1-3H3. The lowest BCUT2D eigenvalue weighted by Gasteiger charge is -2.29. The summed E-state index contributed by atoms with van der Waals surface area (Å²) in [5, 5.41) is 0. The minimum absolute atomic E-state index is 0.332. The minimum Gasteiger partial charge on any atom is -0.468 e. The van der Waals surface area contributed by atoms with Crippen molar-refractivity contribution in [3.8, 4) is 0 Å². The van der Waals surface area contributed by atoms with E-state index in [-0.39, 0.29) is 5.60 Å². The lowest BCUT2D eigenvalue weighted by atomic mass is 10.1. The molecule has 1 unspecified atom stereocenters. The SMILES string of the molecule is CC(C)(CCOC=O)OCCC(C)(N)OCCCC=O. The van der Waals surface area contributed by atoms with Crippen LogP contribution in [0.25, 0.3) is 0 Å². The van der Waals surface area contributed by atoms with Gasteiger partial charge in [0.2, 0.25) is 0 Å². The third-order valence-corrected chi connectivity index (χ3v) is 2.88. The maximum Gasteiger partial charge on any atom is 0.293 e. The van der Waals surface area contributed by atoms with Crippen LogP contribution < -0.4 is 5.73 Å². The molecule has 2 N–H and O–H groups in total. The van der Waals surface area contributed by atoms with E-state index in [0.717, 1.165) is 6.29 Å². The third-order valence-electron chi connectivity index (χ3n) is 2.88. The number of aldehydes is 1. The molecule has 1 atom stereocenters. The fourth-order valence-corrected chi connectivity index (χ4v) is 1.50. The van der Waals surface area contributed by atoms with Crippen LogP contribution in [-0.4, -0.2) is 43.9 Å². The van der Waals surface area contributed by atoms with Gasteiger partial charge >= 0.3 is 0 Å². The van der Waals surface area contributed by atoms with Crippen LogP contribution in [0, 0.1) is 0 Å². The molecule has 6 nitrogen and oxygen atoms in total. The van der Waals surface area contributed by atoms with Crippen molar-refractivity contribution in [2.45, 2.75) is 57.8 Å². The van der Waals surface area contributed by atoms with Gasteiger partial charge in [-0.15, -0.1) is 0 Å². The first-order valence-corrected chi connectivity index (χ1v) is 6.89. The number of rotatable bonds is 13. The Labute approximate surface area is 120 Å². The first kappa shape index (κ1) is 19.0. The van der Waals surface area contributed by atoms with E-state index in [1.807, 2.05) is 13.8 Å². The summed E-state index contributed by atoms with van der Waals surface area (Å²) in [4.78, 5) is 20.2. The number of nitrogens with two attached hydrogens (primary N) is 1. The first-order valence-electron chi connectivity index (χ1n) is 6.89. The molecule has 0 amide bonds. The van der Waals surface area contributed by atoms with Crippen molar-refractivity contribution in [3.05, 3.63) is 0 Å². The molecule has 0 aliphatic rings. The lowest BCUT2D eigenvalue weighted by molar-refractivity contribution is -0.131. The number of hydrogen-bond donors (Lipinski definition) is 1. The highest BCUT2D eigenvalue weighted by Gasteiger charge is 2.23. The summed E-state index contributed by atoms with van der Waals surface area (Å²) in [6.45, 7) is 7.33. The van der Waals surface area contributed by atoms with Crippen molar-refractivity contribution in [2.24, 2.45) is 5.73 Å². The van der Waals surface area contributed by atoms with Gasteiger partial charge in [-0.1, -0.05) is 0 Å². The monoisotopic (exact) mass is 289 g/mol. The molecule has 0 saturated carbocycles. The van der Waals surface area contributed by atoms with E-state index in [2.05, 4.69) is 4.74 Å². The highest BCUT2D eigenvalue weighted by molar-refractivity contribution is 5.48. The third kappa shape index (κ3) is 10.9. The predicted molar refractivity (Wildman–Crippen MR) is 75.1 cm³/mol. The Hall–Kier alpha value is -0.980. The summed E-state index contributed by atoms with van der Waals surface area (Å²) in [6, 6.07) is 0. The zero-order chi connectivity index (χ0) is 15.5. The molecule has 0 aromatic heterocycles. The summed E-state index contributed by atoms with van der Waals surface area (Å²) < 4.78 is 15.9. The largest absolute Gasteiger partial charge is 0.468 e. The number of unbranched alkanes of at least 4 members (excludes halogenated alkanes) is 1. The zero-order valence-electron chi connectivity index (χ0n) is 12.7. The molecule has 0 spiro atoms. The maximum absolute atomic E-state index is 10.2. The van der Waals surface area contributed by atoms with Gasteiger partial charge in [0.05, 0.1) is 18.8 Å². The van der Waals surface area contributed by atoms with Crippen LogP contribution in [-0.2, 0) is 23.8 Å². The van der Waals surface area contributed by atoms with Crippen molar-refractivity contribution in [1.82, 2.24) is 0 Å². The molecule has 0 aromatic rings. The highest BCUT2D eigenvalue weighted by Crippen LogP contribution is 2.17. The molecule has 20 heavy (non-hydrogen) atoms. The van der Waals surface area contributed by atoms with E-state index < -0.39 is 5.72 Å². The fourth-order valence-electron chi connectivity index (χ4n) is 1.50. The van der Waals surface area contributed by atoms with Crippen LogP contribution in [0.1, 0.15) is 46.5 Å². The predicted octanol–water partition coefficient (Wildman–Crippen LogP) is 1.41. The Morgan fingerprint density at radius 2 is 1.70 bits per heavy atom. The van der Waals surface area contributed by atoms with E-state index in [9.17, 15) is 9.59 Å². The summed E-state index contributed by atoms with van der Waals surface area (Å²) in [6.07, 6.45) is 3.19. The van der Waals surface area contributed by atoms with Crippen LogP contribution in [0.3, 0.4) is 0 Å². The van der Waals surface area contributed by atoms with Gasteiger partial charge in [-0.25, -0.2) is 0 Å². The van der Waals surface area contributed by atoms with Crippen molar-refractivity contribution in [1.29, 1.82) is 0 Å². The van der Waals surface area contributed by atoms with Crippen molar-refractivity contribution in [2.75, 3.05) is 19.8 Å². The Bertz CT molecular complexity index is 279. The second-order valence-corrected chi connectivity index (χ2v) is 5.55. The Morgan fingerprint density at radius 1 is 1.00 bits per heavy atom. The quantitative estimate of drug-likeness (QED) is 0.313. The summed E-state index contributed by atoms with van der Waals surface area (Å²) in [5.74, 6) is 0. The van der Waals surface area contributed by atoms with Gasteiger partial charge in [0.1, 0.15) is 12.0 Å². The van der Waals surface area contributed by atoms with Gasteiger partial charge in [0, 0.05) is 25.9 Å². The zero-order valence-corrected chi connectivity index (χ0v) is 12.7. The second kappa shape index (κ2) is 9.85. The van der Waals surface area contributed by atoms with E-state index in [0.29, 0.717) is 52.0 Å². The molecule has 0 radical (unpaired) electrons. The molecular weight excluding hydrogens is 262 g/mol. The summed E-state index contributed by atoms with van der Waals surface area (Å²) in [7, 11) is 0.